The first-order valence-electron chi connectivity index (χ1n) is 8.80. The van der Waals surface area contributed by atoms with Crippen LogP contribution in [0.1, 0.15) is 48.2 Å². The largest absolute Gasteiger partial charge is 0.439 e. The molecule has 0 saturated carbocycles. The van der Waals surface area contributed by atoms with Crippen LogP contribution in [-0.2, 0) is 6.42 Å². The normalized spacial score (nSPS) is 10.9. The van der Waals surface area contributed by atoms with Crippen molar-refractivity contribution >= 4 is 5.91 Å². The van der Waals surface area contributed by atoms with Crippen LogP contribution in [0.5, 0.6) is 11.6 Å². The van der Waals surface area contributed by atoms with Crippen LogP contribution >= 0.6 is 0 Å². The van der Waals surface area contributed by atoms with Crippen LogP contribution in [0.3, 0.4) is 0 Å². The molecule has 2 aromatic rings. The van der Waals surface area contributed by atoms with Gasteiger partial charge in [-0.25, -0.2) is 4.98 Å². The summed E-state index contributed by atoms with van der Waals surface area (Å²) in [5, 5.41) is 3.58. The summed E-state index contributed by atoms with van der Waals surface area (Å²) < 4.78 is 5.80. The van der Waals surface area contributed by atoms with Crippen molar-refractivity contribution in [2.45, 2.75) is 46.1 Å². The highest BCUT2D eigenvalue weighted by atomic mass is 16.5. The van der Waals surface area contributed by atoms with E-state index in [2.05, 4.69) is 36.3 Å². The van der Waals surface area contributed by atoms with Crippen LogP contribution in [0.25, 0.3) is 0 Å². The second kappa shape index (κ2) is 9.18. The van der Waals surface area contributed by atoms with Gasteiger partial charge in [-0.3, -0.25) is 4.79 Å². The van der Waals surface area contributed by atoms with Gasteiger partial charge in [-0.1, -0.05) is 26.0 Å². The minimum Gasteiger partial charge on any atom is -0.439 e. The summed E-state index contributed by atoms with van der Waals surface area (Å²) in [6.07, 6.45) is 4.72. The van der Waals surface area contributed by atoms with Gasteiger partial charge in [0.25, 0.3) is 0 Å². The van der Waals surface area contributed by atoms with Crippen LogP contribution < -0.4 is 15.8 Å². The summed E-state index contributed by atoms with van der Waals surface area (Å²) in [4.78, 5) is 15.2. The summed E-state index contributed by atoms with van der Waals surface area (Å²) in [6.45, 7) is 7.41. The molecule has 0 atom stereocenters. The SMILES string of the molecule is CCC(CC)NCCc1ccc(Oc2ccc(C(N)=O)cn2)c(C)c1. The Bertz CT molecular complexity index is 695. The number of benzene rings is 1. The zero-order valence-corrected chi connectivity index (χ0v) is 15.2. The van der Waals surface area contributed by atoms with E-state index in [4.69, 9.17) is 10.5 Å². The van der Waals surface area contributed by atoms with Gasteiger partial charge in [-0.2, -0.15) is 0 Å². The van der Waals surface area contributed by atoms with Crippen molar-refractivity contribution in [3.05, 3.63) is 53.2 Å². The number of nitrogens with two attached hydrogens (primary N) is 1. The molecular weight excluding hydrogens is 314 g/mol. The molecule has 1 aromatic carbocycles. The van der Waals surface area contributed by atoms with Gasteiger partial charge in [0.2, 0.25) is 11.8 Å². The van der Waals surface area contributed by atoms with Gasteiger partial charge in [0.1, 0.15) is 5.75 Å². The lowest BCUT2D eigenvalue weighted by Crippen LogP contribution is -2.29. The average Bonchev–Trinajstić information content (AvgIpc) is 2.61. The lowest BCUT2D eigenvalue weighted by Gasteiger charge is -2.15. The molecule has 0 radical (unpaired) electrons. The Labute approximate surface area is 149 Å². The van der Waals surface area contributed by atoms with E-state index in [1.54, 1.807) is 12.1 Å². The summed E-state index contributed by atoms with van der Waals surface area (Å²) in [7, 11) is 0. The molecule has 0 unspecified atom stereocenters. The Hall–Kier alpha value is -2.40. The first kappa shape index (κ1) is 18.9. The van der Waals surface area contributed by atoms with Crippen LogP contribution in [-0.4, -0.2) is 23.5 Å². The topological polar surface area (TPSA) is 77.2 Å². The quantitative estimate of drug-likeness (QED) is 0.730. The average molecular weight is 341 g/mol. The smallest absolute Gasteiger partial charge is 0.250 e. The first-order chi connectivity index (χ1) is 12.0. The van der Waals surface area contributed by atoms with E-state index in [1.807, 2.05) is 13.0 Å². The fraction of sp³-hybridized carbons (Fsp3) is 0.400. The number of amides is 1. The summed E-state index contributed by atoms with van der Waals surface area (Å²) in [5.74, 6) is 0.703. The molecule has 1 amide bonds. The van der Waals surface area contributed by atoms with Gasteiger partial charge in [-0.15, -0.1) is 0 Å². The maximum absolute atomic E-state index is 11.1. The van der Waals surface area contributed by atoms with E-state index in [9.17, 15) is 4.79 Å². The molecule has 1 aromatic heterocycles. The van der Waals surface area contributed by atoms with E-state index in [1.165, 1.54) is 11.8 Å². The van der Waals surface area contributed by atoms with E-state index in [0.29, 0.717) is 17.5 Å². The van der Waals surface area contributed by atoms with Gasteiger partial charge in [0.15, 0.2) is 0 Å². The number of hydrogen-bond donors (Lipinski definition) is 2. The molecule has 25 heavy (non-hydrogen) atoms. The molecule has 5 heteroatoms. The maximum Gasteiger partial charge on any atom is 0.250 e. The number of nitrogens with one attached hydrogen (secondary N) is 1. The molecule has 0 spiro atoms. The Morgan fingerprint density at radius 1 is 1.24 bits per heavy atom. The molecule has 1 heterocycles. The molecule has 0 bridgehead atoms. The standard InChI is InChI=1S/C20H27N3O2/c1-4-17(5-2)22-11-10-15-6-8-18(14(3)12-15)25-19-9-7-16(13-23-19)20(21)24/h6-9,12-13,17,22H,4-5,10-11H2,1-3H3,(H2,21,24). The number of carbonyl (C=O) groups is 1. The number of rotatable bonds is 9. The molecule has 0 aliphatic heterocycles. The molecule has 2 rings (SSSR count). The van der Waals surface area contributed by atoms with Crippen molar-refractivity contribution in [1.82, 2.24) is 10.3 Å². The van der Waals surface area contributed by atoms with Gasteiger partial charge in [0, 0.05) is 18.3 Å². The second-order valence-corrected chi connectivity index (χ2v) is 6.17. The van der Waals surface area contributed by atoms with Crippen LogP contribution in [0.4, 0.5) is 0 Å². The molecular formula is C20H27N3O2. The van der Waals surface area contributed by atoms with Crippen molar-refractivity contribution < 1.29 is 9.53 Å². The maximum atomic E-state index is 11.1. The summed E-state index contributed by atoms with van der Waals surface area (Å²) in [6, 6.07) is 10.0. The zero-order valence-electron chi connectivity index (χ0n) is 15.2. The third-order valence-corrected chi connectivity index (χ3v) is 4.31. The van der Waals surface area contributed by atoms with Crippen LogP contribution in [0.15, 0.2) is 36.5 Å². The predicted molar refractivity (Wildman–Crippen MR) is 100 cm³/mol. The predicted octanol–water partition coefficient (Wildman–Crippen LogP) is 3.60. The lowest BCUT2D eigenvalue weighted by atomic mass is 10.1. The lowest BCUT2D eigenvalue weighted by molar-refractivity contribution is 0.1000. The first-order valence-corrected chi connectivity index (χ1v) is 8.80. The molecule has 0 aliphatic carbocycles. The van der Waals surface area contributed by atoms with Crippen LogP contribution in [0.2, 0.25) is 0 Å². The molecule has 0 saturated heterocycles. The number of pyridine rings is 1. The highest BCUT2D eigenvalue weighted by Gasteiger charge is 2.07. The molecule has 0 fully saturated rings. The van der Waals surface area contributed by atoms with Crippen molar-refractivity contribution in [2.75, 3.05) is 6.54 Å². The van der Waals surface area contributed by atoms with E-state index >= 15 is 0 Å². The van der Waals surface area contributed by atoms with Crippen LogP contribution in [0, 0.1) is 6.92 Å². The van der Waals surface area contributed by atoms with E-state index < -0.39 is 5.91 Å². The number of carbonyl (C=O) groups excluding carboxylic acids is 1. The van der Waals surface area contributed by atoms with Gasteiger partial charge < -0.3 is 15.8 Å². The molecule has 5 nitrogen and oxygen atoms in total. The highest BCUT2D eigenvalue weighted by Crippen LogP contribution is 2.24. The molecule has 3 N–H and O–H groups in total. The second-order valence-electron chi connectivity index (χ2n) is 6.17. The van der Waals surface area contributed by atoms with Gasteiger partial charge in [0.05, 0.1) is 5.56 Å². The van der Waals surface area contributed by atoms with Crippen molar-refractivity contribution in [2.24, 2.45) is 5.73 Å². The Kier molecular flexibility index (Phi) is 6.95. The van der Waals surface area contributed by atoms with Crippen molar-refractivity contribution in [3.63, 3.8) is 0 Å². The Morgan fingerprint density at radius 3 is 2.56 bits per heavy atom. The van der Waals surface area contributed by atoms with Crippen molar-refractivity contribution in [3.8, 4) is 11.6 Å². The molecule has 0 aliphatic rings. The third kappa shape index (κ3) is 5.57. The molecule has 134 valence electrons. The number of ether oxygens (including phenoxy) is 1. The Morgan fingerprint density at radius 2 is 2.00 bits per heavy atom. The summed E-state index contributed by atoms with van der Waals surface area (Å²) in [5.41, 5.74) is 7.91. The van der Waals surface area contributed by atoms with E-state index in [-0.39, 0.29) is 0 Å². The fourth-order valence-corrected chi connectivity index (χ4v) is 2.68. The number of aromatic nitrogens is 1. The third-order valence-electron chi connectivity index (χ3n) is 4.31. The van der Waals surface area contributed by atoms with E-state index in [0.717, 1.165) is 37.1 Å². The number of hydrogen-bond acceptors (Lipinski definition) is 4. The van der Waals surface area contributed by atoms with Gasteiger partial charge in [-0.05, 0) is 56.0 Å². The zero-order chi connectivity index (χ0) is 18.2. The van der Waals surface area contributed by atoms with Crippen molar-refractivity contribution in [1.29, 1.82) is 0 Å². The number of primary amides is 1. The number of aryl methyl sites for hydroxylation is 1. The Balaban J connectivity index is 1.95. The minimum absolute atomic E-state index is 0.365. The fourth-order valence-electron chi connectivity index (χ4n) is 2.68. The summed E-state index contributed by atoms with van der Waals surface area (Å²) >= 11 is 0. The minimum atomic E-state index is -0.499. The number of nitrogens with zero attached hydrogens (tertiary/aromatic N) is 1. The highest BCUT2D eigenvalue weighted by molar-refractivity contribution is 5.92. The monoisotopic (exact) mass is 341 g/mol. The van der Waals surface area contributed by atoms with Gasteiger partial charge >= 0.3 is 0 Å².